The predicted molar refractivity (Wildman–Crippen MR) is 130 cm³/mol. The molecule has 1 amide bonds. The van der Waals surface area contributed by atoms with E-state index in [1.54, 1.807) is 9.47 Å². The highest BCUT2D eigenvalue weighted by molar-refractivity contribution is 7.99. The molecule has 0 aliphatic heterocycles. The van der Waals surface area contributed by atoms with Crippen molar-refractivity contribution in [2.75, 3.05) is 10.7 Å². The number of aromatic nitrogens is 2. The monoisotopic (exact) mass is 437 g/mol. The van der Waals surface area contributed by atoms with E-state index in [1.807, 2.05) is 68.4 Å². The summed E-state index contributed by atoms with van der Waals surface area (Å²) in [7, 11) is 0. The molecule has 6 heteroatoms. The van der Waals surface area contributed by atoms with Crippen molar-refractivity contribution in [1.82, 2.24) is 9.55 Å². The Kier molecular flexibility index (Phi) is 8.29. The third-order valence-electron chi connectivity index (χ3n) is 5.21. The van der Waals surface area contributed by atoms with Gasteiger partial charge >= 0.3 is 0 Å². The van der Waals surface area contributed by atoms with Crippen LogP contribution in [0.3, 0.4) is 0 Å². The van der Waals surface area contributed by atoms with Crippen LogP contribution in [-0.2, 0) is 11.3 Å². The number of para-hydroxylation sites is 2. The van der Waals surface area contributed by atoms with Gasteiger partial charge < -0.3 is 4.90 Å². The Hall–Kier alpha value is -2.60. The second-order valence-electron chi connectivity index (χ2n) is 7.91. The Bertz CT molecular complexity index is 1060. The lowest BCUT2D eigenvalue weighted by Crippen LogP contribution is -2.38. The lowest BCUT2D eigenvalue weighted by molar-refractivity contribution is -0.116. The van der Waals surface area contributed by atoms with Crippen LogP contribution in [0.15, 0.2) is 64.5 Å². The fourth-order valence-electron chi connectivity index (χ4n) is 3.67. The highest BCUT2D eigenvalue weighted by Gasteiger charge is 2.20. The summed E-state index contributed by atoms with van der Waals surface area (Å²) in [6, 6.07) is 17.2. The van der Waals surface area contributed by atoms with Gasteiger partial charge in [0.15, 0.2) is 5.16 Å². The van der Waals surface area contributed by atoms with Gasteiger partial charge in [-0.3, -0.25) is 14.2 Å². The van der Waals surface area contributed by atoms with E-state index < -0.39 is 0 Å². The fraction of sp³-hybridized carbons (Fsp3) is 0.400. The molecule has 0 bridgehead atoms. The molecule has 0 saturated carbocycles. The summed E-state index contributed by atoms with van der Waals surface area (Å²) in [6.45, 7) is 6.81. The third kappa shape index (κ3) is 5.76. The number of hydrogen-bond acceptors (Lipinski definition) is 4. The van der Waals surface area contributed by atoms with Crippen LogP contribution in [0.2, 0.25) is 0 Å². The lowest BCUT2D eigenvalue weighted by atomic mass is 10.2. The van der Waals surface area contributed by atoms with Gasteiger partial charge in [-0.2, -0.15) is 0 Å². The van der Waals surface area contributed by atoms with Crippen molar-refractivity contribution >= 4 is 34.3 Å². The van der Waals surface area contributed by atoms with Crippen LogP contribution < -0.4 is 10.5 Å². The molecule has 5 nitrogen and oxygen atoms in total. The number of nitrogens with zero attached hydrogens (tertiary/aromatic N) is 3. The van der Waals surface area contributed by atoms with Crippen molar-refractivity contribution in [2.45, 2.75) is 64.2 Å². The molecule has 0 aliphatic rings. The molecule has 0 saturated heterocycles. The average molecular weight is 438 g/mol. The number of carbonyl (C=O) groups excluding carboxylic acids is 1. The number of carbonyl (C=O) groups is 1. The molecule has 0 fully saturated rings. The smallest absolute Gasteiger partial charge is 0.262 e. The summed E-state index contributed by atoms with van der Waals surface area (Å²) in [6.07, 6.45) is 4.30. The third-order valence-corrected chi connectivity index (χ3v) is 6.17. The Morgan fingerprint density at radius 2 is 1.74 bits per heavy atom. The summed E-state index contributed by atoms with van der Waals surface area (Å²) >= 11 is 1.35. The fourth-order valence-corrected chi connectivity index (χ4v) is 4.55. The number of rotatable bonds is 10. The van der Waals surface area contributed by atoms with Gasteiger partial charge in [0, 0.05) is 18.3 Å². The molecule has 0 atom stereocenters. The molecular weight excluding hydrogens is 406 g/mol. The number of fused-ring (bicyclic) bond motifs is 1. The SMILES string of the molecule is CCCCCCn1c(SCC(=O)N(c2ccccc2)C(C)C)nc2ccccc2c1=O. The van der Waals surface area contributed by atoms with Crippen LogP contribution in [0.5, 0.6) is 0 Å². The van der Waals surface area contributed by atoms with Crippen molar-refractivity contribution < 1.29 is 4.79 Å². The zero-order valence-electron chi connectivity index (χ0n) is 18.6. The Labute approximate surface area is 188 Å². The molecule has 164 valence electrons. The summed E-state index contributed by atoms with van der Waals surface area (Å²) in [5.74, 6) is 0.235. The predicted octanol–water partition coefficient (Wildman–Crippen LogP) is 5.51. The quantitative estimate of drug-likeness (QED) is 0.238. The minimum Gasteiger partial charge on any atom is -0.309 e. The zero-order valence-corrected chi connectivity index (χ0v) is 19.4. The summed E-state index contributed by atoms with van der Waals surface area (Å²) < 4.78 is 1.75. The van der Waals surface area contributed by atoms with Crippen molar-refractivity contribution in [2.24, 2.45) is 0 Å². The van der Waals surface area contributed by atoms with Gasteiger partial charge in [0.05, 0.1) is 16.7 Å². The van der Waals surface area contributed by atoms with E-state index >= 15 is 0 Å². The van der Waals surface area contributed by atoms with Gasteiger partial charge in [0.25, 0.3) is 5.56 Å². The molecule has 1 heterocycles. The number of unbranched alkanes of at least 4 members (excludes halogenated alkanes) is 3. The lowest BCUT2D eigenvalue weighted by Gasteiger charge is -2.27. The topological polar surface area (TPSA) is 55.2 Å². The van der Waals surface area contributed by atoms with Crippen molar-refractivity contribution in [3.05, 3.63) is 65.0 Å². The number of hydrogen-bond donors (Lipinski definition) is 0. The molecule has 0 spiro atoms. The molecule has 3 aromatic rings. The Morgan fingerprint density at radius 3 is 2.45 bits per heavy atom. The molecule has 0 unspecified atom stereocenters. The summed E-state index contributed by atoms with van der Waals surface area (Å²) in [5, 5.41) is 1.24. The largest absolute Gasteiger partial charge is 0.309 e. The zero-order chi connectivity index (χ0) is 22.2. The Morgan fingerprint density at radius 1 is 1.03 bits per heavy atom. The van der Waals surface area contributed by atoms with E-state index in [0.717, 1.165) is 31.4 Å². The maximum Gasteiger partial charge on any atom is 0.262 e. The van der Waals surface area contributed by atoms with E-state index in [1.165, 1.54) is 11.8 Å². The van der Waals surface area contributed by atoms with Gasteiger partial charge in [-0.25, -0.2) is 4.98 Å². The maximum atomic E-state index is 13.1. The van der Waals surface area contributed by atoms with Crippen LogP contribution in [-0.4, -0.2) is 27.3 Å². The standard InChI is InChI=1S/C25H31N3O2S/c1-4-5-6-12-17-27-24(30)21-15-10-11-16-22(21)26-25(27)31-18-23(29)28(19(2)3)20-13-8-7-9-14-20/h7-11,13-16,19H,4-6,12,17-18H2,1-3H3. The number of benzene rings is 2. The van der Waals surface area contributed by atoms with Gasteiger partial charge in [0.1, 0.15) is 0 Å². The number of amides is 1. The van der Waals surface area contributed by atoms with Gasteiger partial charge in [-0.05, 0) is 44.5 Å². The molecule has 0 radical (unpaired) electrons. The first-order valence-corrected chi connectivity index (χ1v) is 12.0. The van der Waals surface area contributed by atoms with E-state index in [9.17, 15) is 9.59 Å². The first-order chi connectivity index (χ1) is 15.0. The van der Waals surface area contributed by atoms with E-state index in [4.69, 9.17) is 4.98 Å². The molecule has 31 heavy (non-hydrogen) atoms. The number of thioether (sulfide) groups is 1. The molecule has 0 N–H and O–H groups in total. The first-order valence-electron chi connectivity index (χ1n) is 11.0. The van der Waals surface area contributed by atoms with Crippen molar-refractivity contribution in [3.8, 4) is 0 Å². The van der Waals surface area contributed by atoms with Crippen molar-refractivity contribution in [1.29, 1.82) is 0 Å². The Balaban J connectivity index is 1.85. The molecular formula is C25H31N3O2S. The second kappa shape index (κ2) is 11.1. The highest BCUT2D eigenvalue weighted by atomic mass is 32.2. The van der Waals surface area contributed by atoms with E-state index in [0.29, 0.717) is 22.6 Å². The number of anilines is 1. The minimum atomic E-state index is -0.0270. The normalized spacial score (nSPS) is 11.2. The van der Waals surface area contributed by atoms with Crippen LogP contribution in [0.25, 0.3) is 10.9 Å². The average Bonchev–Trinajstić information content (AvgIpc) is 2.77. The van der Waals surface area contributed by atoms with Crippen molar-refractivity contribution in [3.63, 3.8) is 0 Å². The van der Waals surface area contributed by atoms with E-state index in [-0.39, 0.29) is 23.3 Å². The molecule has 3 rings (SSSR count). The summed E-state index contributed by atoms with van der Waals surface area (Å²) in [4.78, 5) is 32.8. The second-order valence-corrected chi connectivity index (χ2v) is 8.85. The molecule has 2 aromatic carbocycles. The first kappa shape index (κ1) is 23.1. The molecule has 1 aromatic heterocycles. The van der Waals surface area contributed by atoms with Crippen LogP contribution in [0.1, 0.15) is 46.5 Å². The maximum absolute atomic E-state index is 13.1. The van der Waals surface area contributed by atoms with Crippen LogP contribution in [0.4, 0.5) is 5.69 Å². The van der Waals surface area contributed by atoms with Gasteiger partial charge in [0.2, 0.25) is 5.91 Å². The van der Waals surface area contributed by atoms with Gasteiger partial charge in [-0.1, -0.05) is 68.3 Å². The van der Waals surface area contributed by atoms with E-state index in [2.05, 4.69) is 6.92 Å². The highest BCUT2D eigenvalue weighted by Crippen LogP contribution is 2.22. The minimum absolute atomic E-state index is 0.00569. The van der Waals surface area contributed by atoms with Gasteiger partial charge in [-0.15, -0.1) is 0 Å². The molecule has 0 aliphatic carbocycles. The van der Waals surface area contributed by atoms with Crippen LogP contribution in [0, 0.1) is 0 Å². The van der Waals surface area contributed by atoms with Crippen LogP contribution >= 0.6 is 11.8 Å². The summed E-state index contributed by atoms with van der Waals surface area (Å²) in [5.41, 5.74) is 1.53.